The van der Waals surface area contributed by atoms with Crippen molar-refractivity contribution in [2.75, 3.05) is 4.90 Å². The Labute approximate surface area is 335 Å². The van der Waals surface area contributed by atoms with Crippen molar-refractivity contribution in [1.82, 2.24) is 4.57 Å². The number of nitrogens with zero attached hydrogens (tertiary/aromatic N) is 2. The summed E-state index contributed by atoms with van der Waals surface area (Å²) in [6.07, 6.45) is 4.91. The molecule has 1 heterocycles. The van der Waals surface area contributed by atoms with Crippen LogP contribution in [0.5, 0.6) is 0 Å². The zero-order valence-corrected chi connectivity index (χ0v) is 32.5. The number of para-hydroxylation sites is 3. The molecule has 0 amide bonds. The Balaban J connectivity index is 1.10. The van der Waals surface area contributed by atoms with E-state index in [-0.39, 0.29) is 5.41 Å². The molecule has 0 radical (unpaired) electrons. The van der Waals surface area contributed by atoms with E-state index in [0.29, 0.717) is 0 Å². The van der Waals surface area contributed by atoms with E-state index in [0.717, 1.165) is 17.1 Å². The fraction of sp³-hybridized carbons (Fsp3) is 0.127. The molecule has 0 saturated heterocycles. The van der Waals surface area contributed by atoms with E-state index in [1.807, 2.05) is 0 Å². The molecule has 274 valence electrons. The summed E-state index contributed by atoms with van der Waals surface area (Å²) in [7, 11) is 0. The first-order valence-electron chi connectivity index (χ1n) is 20.5. The van der Waals surface area contributed by atoms with Crippen LogP contribution in [0, 0.1) is 0 Å². The molecule has 2 nitrogen and oxygen atoms in total. The smallest absolute Gasteiger partial charge is 0.0543 e. The molecule has 0 unspecified atom stereocenters. The summed E-state index contributed by atoms with van der Waals surface area (Å²) in [5, 5.41) is 2.54. The molecule has 0 spiro atoms. The van der Waals surface area contributed by atoms with E-state index in [9.17, 15) is 0 Å². The highest BCUT2D eigenvalue weighted by Gasteiger charge is 2.37. The van der Waals surface area contributed by atoms with E-state index in [2.05, 4.69) is 205 Å². The van der Waals surface area contributed by atoms with Crippen LogP contribution in [0.3, 0.4) is 0 Å². The largest absolute Gasteiger partial charge is 0.310 e. The second kappa shape index (κ2) is 13.2. The average molecular weight is 733 g/mol. The Hall–Kier alpha value is -6.64. The molecule has 57 heavy (non-hydrogen) atoms. The van der Waals surface area contributed by atoms with Gasteiger partial charge in [0.15, 0.2) is 0 Å². The summed E-state index contributed by atoms with van der Waals surface area (Å²) >= 11 is 0. The van der Waals surface area contributed by atoms with Crippen molar-refractivity contribution >= 4 is 38.9 Å². The van der Waals surface area contributed by atoms with Crippen molar-refractivity contribution in [2.45, 2.75) is 44.9 Å². The Morgan fingerprint density at radius 3 is 1.79 bits per heavy atom. The average Bonchev–Trinajstić information content (AvgIpc) is 3.72. The van der Waals surface area contributed by atoms with Gasteiger partial charge in [-0.05, 0) is 136 Å². The summed E-state index contributed by atoms with van der Waals surface area (Å²) in [4.78, 5) is 2.46. The van der Waals surface area contributed by atoms with Crippen molar-refractivity contribution in [2.24, 2.45) is 0 Å². The lowest BCUT2D eigenvalue weighted by atomic mass is 9.81. The summed E-state index contributed by atoms with van der Waals surface area (Å²) in [5.74, 6) is 0. The van der Waals surface area contributed by atoms with Gasteiger partial charge < -0.3 is 9.47 Å². The number of fused-ring (bicyclic) bond motifs is 7. The van der Waals surface area contributed by atoms with Crippen molar-refractivity contribution in [3.63, 3.8) is 0 Å². The van der Waals surface area contributed by atoms with Crippen molar-refractivity contribution < 1.29 is 0 Å². The van der Waals surface area contributed by atoms with Crippen LogP contribution in [-0.2, 0) is 18.3 Å². The van der Waals surface area contributed by atoms with Gasteiger partial charge >= 0.3 is 0 Å². The van der Waals surface area contributed by atoms with Crippen LogP contribution >= 0.6 is 0 Å². The standard InChI is InChI=1S/C55H44N2/c1-55(2)50-24-11-8-20-45(50)49-35-48(39-29-27-38(28-30-39)44-23-14-16-37-15-6-7-19-43(37)44)54(36-51(49)55)56(40-17-4-3-5-18-40)41-31-33-42(34-32-41)57-52-25-12-9-21-46(52)47-22-10-13-26-53(47)57/h3-5,8-14,16-18,20-36H,6-7,15,19H2,1-2H3. The van der Waals surface area contributed by atoms with Gasteiger partial charge in [-0.25, -0.2) is 0 Å². The molecule has 11 rings (SSSR count). The predicted octanol–water partition coefficient (Wildman–Crippen LogP) is 14.8. The van der Waals surface area contributed by atoms with Gasteiger partial charge in [0.2, 0.25) is 0 Å². The van der Waals surface area contributed by atoms with Gasteiger partial charge in [-0.15, -0.1) is 0 Å². The second-order valence-corrected chi connectivity index (χ2v) is 16.4. The lowest BCUT2D eigenvalue weighted by molar-refractivity contribution is 0.660. The van der Waals surface area contributed by atoms with Gasteiger partial charge in [-0.2, -0.15) is 0 Å². The van der Waals surface area contributed by atoms with Crippen molar-refractivity contribution in [3.8, 4) is 39.1 Å². The molecule has 0 N–H and O–H groups in total. The lowest BCUT2D eigenvalue weighted by Gasteiger charge is -2.30. The predicted molar refractivity (Wildman–Crippen MR) is 241 cm³/mol. The topological polar surface area (TPSA) is 8.17 Å². The fourth-order valence-electron chi connectivity index (χ4n) is 9.99. The van der Waals surface area contributed by atoms with Crippen LogP contribution in [-0.4, -0.2) is 4.57 Å². The van der Waals surface area contributed by atoms with Crippen LogP contribution in [0.2, 0.25) is 0 Å². The molecule has 2 aliphatic carbocycles. The lowest BCUT2D eigenvalue weighted by Crippen LogP contribution is -2.17. The van der Waals surface area contributed by atoms with E-state index in [1.54, 1.807) is 0 Å². The minimum Gasteiger partial charge on any atom is -0.310 e. The maximum Gasteiger partial charge on any atom is 0.0543 e. The summed E-state index contributed by atoms with van der Waals surface area (Å²) in [5.41, 5.74) is 20.4. The zero-order valence-electron chi connectivity index (χ0n) is 32.5. The van der Waals surface area contributed by atoms with Crippen LogP contribution in [0.1, 0.15) is 48.9 Å². The third kappa shape index (κ3) is 5.39. The summed E-state index contributed by atoms with van der Waals surface area (Å²) < 4.78 is 2.40. The zero-order chi connectivity index (χ0) is 38.1. The number of benzene rings is 8. The Morgan fingerprint density at radius 2 is 1.05 bits per heavy atom. The molecule has 0 bridgehead atoms. The molecule has 2 heteroatoms. The summed E-state index contributed by atoms with van der Waals surface area (Å²) in [6.45, 7) is 4.76. The molecule has 9 aromatic rings. The Morgan fingerprint density at radius 1 is 0.456 bits per heavy atom. The van der Waals surface area contributed by atoms with Crippen molar-refractivity contribution in [3.05, 3.63) is 204 Å². The van der Waals surface area contributed by atoms with Gasteiger partial charge in [0.05, 0.1) is 16.7 Å². The number of hydrogen-bond acceptors (Lipinski definition) is 1. The van der Waals surface area contributed by atoms with Gasteiger partial charge in [0.25, 0.3) is 0 Å². The number of rotatable bonds is 6. The molecule has 2 aliphatic rings. The minimum atomic E-state index is -0.141. The van der Waals surface area contributed by atoms with Gasteiger partial charge in [-0.3, -0.25) is 0 Å². The maximum atomic E-state index is 2.49. The number of hydrogen-bond donors (Lipinski definition) is 0. The third-order valence-corrected chi connectivity index (χ3v) is 12.8. The van der Waals surface area contributed by atoms with Crippen molar-refractivity contribution in [1.29, 1.82) is 0 Å². The first kappa shape index (κ1) is 33.7. The quantitative estimate of drug-likeness (QED) is 0.165. The molecule has 0 aliphatic heterocycles. The molecular formula is C55H44N2. The second-order valence-electron chi connectivity index (χ2n) is 16.4. The molecule has 1 aromatic heterocycles. The third-order valence-electron chi connectivity index (χ3n) is 12.8. The molecular weight excluding hydrogens is 689 g/mol. The molecule has 0 atom stereocenters. The number of anilines is 3. The highest BCUT2D eigenvalue weighted by molar-refractivity contribution is 6.09. The monoisotopic (exact) mass is 732 g/mol. The molecule has 0 saturated carbocycles. The van der Waals surface area contributed by atoms with Crippen LogP contribution in [0.15, 0.2) is 182 Å². The SMILES string of the molecule is CC1(C)c2ccccc2-c2cc(-c3ccc(-c4cccc5c4CCCC5)cc3)c(N(c3ccccc3)c3ccc(-n4c5ccccc5c5ccccc54)cc3)cc21. The van der Waals surface area contributed by atoms with E-state index >= 15 is 0 Å². The van der Waals surface area contributed by atoms with Crippen LogP contribution < -0.4 is 4.90 Å². The first-order chi connectivity index (χ1) is 28.0. The van der Waals surface area contributed by atoms with E-state index in [4.69, 9.17) is 0 Å². The van der Waals surface area contributed by atoms with Crippen LogP contribution in [0.4, 0.5) is 17.1 Å². The maximum absolute atomic E-state index is 2.49. The van der Waals surface area contributed by atoms with Gasteiger partial charge in [-0.1, -0.05) is 135 Å². The molecule has 8 aromatic carbocycles. The minimum absolute atomic E-state index is 0.141. The molecule has 0 fully saturated rings. The number of aromatic nitrogens is 1. The number of aryl methyl sites for hydroxylation is 1. The highest BCUT2D eigenvalue weighted by Crippen LogP contribution is 2.53. The Bertz CT molecular complexity index is 2910. The van der Waals surface area contributed by atoms with Gasteiger partial charge in [0.1, 0.15) is 0 Å². The summed E-state index contributed by atoms with van der Waals surface area (Å²) in [6, 6.07) is 67.7. The van der Waals surface area contributed by atoms with Gasteiger partial charge in [0, 0.05) is 38.8 Å². The fourth-order valence-corrected chi connectivity index (χ4v) is 9.99. The van der Waals surface area contributed by atoms with E-state index in [1.165, 1.54) is 109 Å². The normalized spacial score (nSPS) is 14.0. The van der Waals surface area contributed by atoms with E-state index < -0.39 is 0 Å². The van der Waals surface area contributed by atoms with Crippen LogP contribution in [0.25, 0.3) is 60.9 Å². The highest BCUT2D eigenvalue weighted by atomic mass is 15.1. The first-order valence-corrected chi connectivity index (χ1v) is 20.5. The Kier molecular flexibility index (Phi) is 7.83.